The molecule has 0 atom stereocenters. The van der Waals surface area contributed by atoms with Gasteiger partial charge in [0.25, 0.3) is 0 Å². The number of nitrogens with one attached hydrogen (secondary N) is 1. The molecule has 0 bridgehead atoms. The molecule has 1 nitrogen and oxygen atoms in total. The maximum atomic E-state index is 3.71. The predicted molar refractivity (Wildman–Crippen MR) is 93.0 cm³/mol. The number of rotatable bonds is 5. The highest BCUT2D eigenvalue weighted by Crippen LogP contribution is 2.41. The first kappa shape index (κ1) is 16.5. The predicted octanol–water partition coefficient (Wildman–Crippen LogP) is 5.26. The molecule has 0 saturated heterocycles. The second kappa shape index (κ2) is 6.96. The molecule has 0 spiro atoms. The van der Waals surface area contributed by atoms with Crippen LogP contribution in [-0.4, -0.2) is 12.6 Å². The van der Waals surface area contributed by atoms with Crippen LogP contribution in [-0.2, 0) is 5.41 Å². The van der Waals surface area contributed by atoms with Crippen molar-refractivity contribution < 1.29 is 0 Å². The van der Waals surface area contributed by atoms with Crippen LogP contribution in [0, 0.1) is 5.92 Å². The van der Waals surface area contributed by atoms with E-state index in [9.17, 15) is 0 Å². The van der Waals surface area contributed by atoms with E-state index in [1.54, 1.807) is 5.56 Å². The van der Waals surface area contributed by atoms with Crippen molar-refractivity contribution >= 4 is 0 Å². The summed E-state index contributed by atoms with van der Waals surface area (Å²) in [5.74, 6) is 1.52. The molecular formula is C20H33N. The number of benzene rings is 1. The van der Waals surface area contributed by atoms with Crippen LogP contribution in [0.15, 0.2) is 24.3 Å². The van der Waals surface area contributed by atoms with Crippen LogP contribution in [0.4, 0.5) is 0 Å². The van der Waals surface area contributed by atoms with Crippen LogP contribution in [0.2, 0.25) is 0 Å². The van der Waals surface area contributed by atoms with Crippen molar-refractivity contribution in [3.63, 3.8) is 0 Å². The molecule has 0 unspecified atom stereocenters. The zero-order chi connectivity index (χ0) is 15.5. The Labute approximate surface area is 131 Å². The maximum absolute atomic E-state index is 3.71. The largest absolute Gasteiger partial charge is 0.314 e. The van der Waals surface area contributed by atoms with Gasteiger partial charge in [-0.1, -0.05) is 58.9 Å². The van der Waals surface area contributed by atoms with E-state index in [0.29, 0.717) is 17.4 Å². The highest BCUT2D eigenvalue weighted by molar-refractivity contribution is 5.31. The zero-order valence-corrected chi connectivity index (χ0v) is 14.6. The first-order chi connectivity index (χ1) is 9.93. The third-order valence-electron chi connectivity index (χ3n) is 5.27. The van der Waals surface area contributed by atoms with Crippen LogP contribution in [0.25, 0.3) is 0 Å². The Balaban J connectivity index is 2.21. The van der Waals surface area contributed by atoms with E-state index in [4.69, 9.17) is 0 Å². The van der Waals surface area contributed by atoms with Gasteiger partial charge in [0.05, 0.1) is 0 Å². The minimum absolute atomic E-state index is 0.353. The Morgan fingerprint density at radius 3 is 2.10 bits per heavy atom. The van der Waals surface area contributed by atoms with Gasteiger partial charge >= 0.3 is 0 Å². The maximum Gasteiger partial charge on any atom is 0.00780 e. The van der Waals surface area contributed by atoms with Crippen molar-refractivity contribution in [1.82, 2.24) is 5.32 Å². The van der Waals surface area contributed by atoms with Gasteiger partial charge in [0.1, 0.15) is 0 Å². The summed E-state index contributed by atoms with van der Waals surface area (Å²) >= 11 is 0. The fourth-order valence-corrected chi connectivity index (χ4v) is 3.50. The minimum atomic E-state index is 0.353. The van der Waals surface area contributed by atoms with Crippen LogP contribution in [0.3, 0.4) is 0 Å². The monoisotopic (exact) mass is 287 g/mol. The molecule has 0 heterocycles. The highest BCUT2D eigenvalue weighted by Gasteiger charge is 2.35. The van der Waals surface area contributed by atoms with E-state index in [1.807, 2.05) is 0 Å². The molecule has 1 aromatic carbocycles. The summed E-state index contributed by atoms with van der Waals surface area (Å²) in [6.07, 6.45) is 5.39. The van der Waals surface area contributed by atoms with Gasteiger partial charge in [-0.25, -0.2) is 0 Å². The fraction of sp³-hybridized carbons (Fsp3) is 0.700. The molecule has 1 aliphatic carbocycles. The SMILES string of the molecule is CC1CCC(CNC(C)C)(c2ccc(C(C)C)cc2)CC1. The zero-order valence-electron chi connectivity index (χ0n) is 14.6. The number of hydrogen-bond donors (Lipinski definition) is 1. The average molecular weight is 287 g/mol. The Morgan fingerprint density at radius 1 is 1.05 bits per heavy atom. The van der Waals surface area contributed by atoms with Gasteiger partial charge in [-0.15, -0.1) is 0 Å². The van der Waals surface area contributed by atoms with E-state index < -0.39 is 0 Å². The highest BCUT2D eigenvalue weighted by atomic mass is 14.9. The topological polar surface area (TPSA) is 12.0 Å². The summed E-state index contributed by atoms with van der Waals surface area (Å²) in [7, 11) is 0. The third-order valence-corrected chi connectivity index (χ3v) is 5.27. The van der Waals surface area contributed by atoms with Gasteiger partial charge in [-0.3, -0.25) is 0 Å². The molecule has 1 aromatic rings. The molecule has 1 N–H and O–H groups in total. The summed E-state index contributed by atoms with van der Waals surface area (Å²) in [5.41, 5.74) is 3.36. The number of hydrogen-bond acceptors (Lipinski definition) is 1. The molecule has 0 aliphatic heterocycles. The molecule has 1 saturated carbocycles. The van der Waals surface area contributed by atoms with Crippen LogP contribution >= 0.6 is 0 Å². The first-order valence-electron chi connectivity index (χ1n) is 8.77. The quantitative estimate of drug-likeness (QED) is 0.779. The Morgan fingerprint density at radius 2 is 1.62 bits per heavy atom. The fourth-order valence-electron chi connectivity index (χ4n) is 3.50. The van der Waals surface area contributed by atoms with Gasteiger partial charge in [-0.05, 0) is 48.6 Å². The Bertz CT molecular complexity index is 422. The van der Waals surface area contributed by atoms with E-state index in [0.717, 1.165) is 12.5 Å². The third kappa shape index (κ3) is 4.10. The molecule has 1 heteroatoms. The van der Waals surface area contributed by atoms with Crippen molar-refractivity contribution in [2.24, 2.45) is 5.92 Å². The lowest BCUT2D eigenvalue weighted by Gasteiger charge is -2.41. The smallest absolute Gasteiger partial charge is 0.00780 e. The van der Waals surface area contributed by atoms with Gasteiger partial charge in [-0.2, -0.15) is 0 Å². The lowest BCUT2D eigenvalue weighted by Crippen LogP contribution is -2.43. The molecular weight excluding hydrogens is 254 g/mol. The van der Waals surface area contributed by atoms with Gasteiger partial charge in [0.15, 0.2) is 0 Å². The van der Waals surface area contributed by atoms with Gasteiger partial charge in [0.2, 0.25) is 0 Å². The summed E-state index contributed by atoms with van der Waals surface area (Å²) in [6.45, 7) is 12.6. The second-order valence-electron chi connectivity index (χ2n) is 7.78. The van der Waals surface area contributed by atoms with E-state index >= 15 is 0 Å². The molecule has 118 valence electrons. The Kier molecular flexibility index (Phi) is 5.48. The summed E-state index contributed by atoms with van der Waals surface area (Å²) in [5, 5.41) is 3.71. The van der Waals surface area contributed by atoms with Crippen molar-refractivity contribution in [1.29, 1.82) is 0 Å². The molecule has 0 aromatic heterocycles. The van der Waals surface area contributed by atoms with Crippen LogP contribution < -0.4 is 5.32 Å². The van der Waals surface area contributed by atoms with Crippen molar-refractivity contribution in [2.45, 2.75) is 77.7 Å². The van der Waals surface area contributed by atoms with Crippen LogP contribution in [0.1, 0.15) is 77.3 Å². The van der Waals surface area contributed by atoms with Gasteiger partial charge < -0.3 is 5.32 Å². The molecule has 1 aliphatic rings. The van der Waals surface area contributed by atoms with Crippen molar-refractivity contribution in [3.05, 3.63) is 35.4 Å². The van der Waals surface area contributed by atoms with E-state index in [-0.39, 0.29) is 0 Å². The molecule has 2 rings (SSSR count). The average Bonchev–Trinajstić information content (AvgIpc) is 2.47. The molecule has 0 radical (unpaired) electrons. The molecule has 1 fully saturated rings. The van der Waals surface area contributed by atoms with E-state index in [2.05, 4.69) is 64.2 Å². The van der Waals surface area contributed by atoms with E-state index in [1.165, 1.54) is 31.2 Å². The van der Waals surface area contributed by atoms with Crippen LogP contribution in [0.5, 0.6) is 0 Å². The van der Waals surface area contributed by atoms with Crippen molar-refractivity contribution in [3.8, 4) is 0 Å². The first-order valence-corrected chi connectivity index (χ1v) is 8.77. The van der Waals surface area contributed by atoms with Crippen molar-refractivity contribution in [2.75, 3.05) is 6.54 Å². The standard InChI is InChI=1S/C20H33N/c1-15(2)18-6-8-19(9-7-18)20(14-21-16(3)4)12-10-17(5)11-13-20/h6-9,15-17,21H,10-14H2,1-5H3. The summed E-state index contributed by atoms with van der Waals surface area (Å²) in [6, 6.07) is 10.0. The normalized spacial score (nSPS) is 26.5. The molecule has 21 heavy (non-hydrogen) atoms. The summed E-state index contributed by atoms with van der Waals surface area (Å²) in [4.78, 5) is 0. The lowest BCUT2D eigenvalue weighted by molar-refractivity contribution is 0.229. The molecule has 0 amide bonds. The second-order valence-corrected chi connectivity index (χ2v) is 7.78. The lowest BCUT2D eigenvalue weighted by atomic mass is 9.66. The Hall–Kier alpha value is -0.820. The van der Waals surface area contributed by atoms with Gasteiger partial charge in [0, 0.05) is 18.0 Å². The minimum Gasteiger partial charge on any atom is -0.314 e. The summed E-state index contributed by atoms with van der Waals surface area (Å²) < 4.78 is 0.